The van der Waals surface area contributed by atoms with E-state index in [9.17, 15) is 9.59 Å². The number of hydrogen-bond donors (Lipinski definition) is 2. The van der Waals surface area contributed by atoms with Crippen LogP contribution in [0, 0.1) is 0 Å². The van der Waals surface area contributed by atoms with Crippen molar-refractivity contribution in [2.75, 3.05) is 23.3 Å². The third-order valence-corrected chi connectivity index (χ3v) is 7.63. The van der Waals surface area contributed by atoms with Crippen LogP contribution in [-0.2, 0) is 4.79 Å². The maximum Gasteiger partial charge on any atom is 0.257 e. The van der Waals surface area contributed by atoms with E-state index in [1.807, 2.05) is 0 Å². The van der Waals surface area contributed by atoms with Gasteiger partial charge in [0.25, 0.3) is 5.56 Å². The van der Waals surface area contributed by atoms with Crippen LogP contribution in [0.5, 0.6) is 0 Å². The van der Waals surface area contributed by atoms with E-state index in [1.54, 1.807) is 11.8 Å². The largest absolute Gasteiger partial charge is 0.372 e. The minimum Gasteiger partial charge on any atom is -0.372 e. The molecule has 4 rings (SSSR count). The summed E-state index contributed by atoms with van der Waals surface area (Å²) in [6.45, 7) is 10.4. The van der Waals surface area contributed by atoms with Crippen molar-refractivity contribution in [1.29, 1.82) is 0 Å². The number of aromatic amines is 1. The van der Waals surface area contributed by atoms with E-state index in [4.69, 9.17) is 4.98 Å². The molecule has 1 aromatic carbocycles. The fourth-order valence-corrected chi connectivity index (χ4v) is 5.41. The molecule has 6 nitrogen and oxygen atoms in total. The van der Waals surface area contributed by atoms with E-state index in [0.717, 1.165) is 54.9 Å². The molecule has 0 saturated heterocycles. The van der Waals surface area contributed by atoms with Crippen LogP contribution in [0.2, 0.25) is 0 Å². The summed E-state index contributed by atoms with van der Waals surface area (Å²) in [6, 6.07) is 8.29. The molecule has 170 valence electrons. The molecular formula is C25H32N4O2S. The number of carbonyl (C=O) groups is 1. The predicted octanol–water partition coefficient (Wildman–Crippen LogP) is 5.07. The SMILES string of the molecule is CCC(C)Sc1nc2c(c(=O)[nH]1)C(c1ccc(N(CC)CC)cc1)C1=C(CCCC1=O)N2. The number of ketones is 1. The second kappa shape index (κ2) is 9.53. The molecular weight excluding hydrogens is 420 g/mol. The molecule has 32 heavy (non-hydrogen) atoms. The van der Waals surface area contributed by atoms with E-state index in [-0.39, 0.29) is 11.3 Å². The fourth-order valence-electron chi connectivity index (χ4n) is 4.57. The smallest absolute Gasteiger partial charge is 0.257 e. The minimum absolute atomic E-state index is 0.125. The Labute approximate surface area is 193 Å². The van der Waals surface area contributed by atoms with Crippen LogP contribution in [0.25, 0.3) is 0 Å². The van der Waals surface area contributed by atoms with E-state index in [0.29, 0.717) is 28.2 Å². The van der Waals surface area contributed by atoms with Gasteiger partial charge in [-0.25, -0.2) is 4.98 Å². The van der Waals surface area contributed by atoms with Crippen molar-refractivity contribution in [3.8, 4) is 0 Å². The van der Waals surface area contributed by atoms with Crippen LogP contribution in [0.4, 0.5) is 11.5 Å². The summed E-state index contributed by atoms with van der Waals surface area (Å²) in [5, 5.41) is 4.33. The van der Waals surface area contributed by atoms with Crippen LogP contribution in [0.3, 0.4) is 0 Å². The monoisotopic (exact) mass is 452 g/mol. The molecule has 0 spiro atoms. The number of anilines is 2. The van der Waals surface area contributed by atoms with Crippen LogP contribution in [0.1, 0.15) is 70.4 Å². The van der Waals surface area contributed by atoms with E-state index in [1.165, 1.54) is 0 Å². The Morgan fingerprint density at radius 3 is 2.50 bits per heavy atom. The maximum absolute atomic E-state index is 13.3. The zero-order valence-electron chi connectivity index (χ0n) is 19.3. The number of benzene rings is 1. The first-order valence-corrected chi connectivity index (χ1v) is 12.5. The number of allylic oxidation sites excluding steroid dienone is 2. The summed E-state index contributed by atoms with van der Waals surface area (Å²) in [4.78, 5) is 36.3. The highest BCUT2D eigenvalue weighted by Gasteiger charge is 2.37. The zero-order valence-corrected chi connectivity index (χ0v) is 20.1. The zero-order chi connectivity index (χ0) is 22.8. The molecule has 0 saturated carbocycles. The van der Waals surface area contributed by atoms with Gasteiger partial charge < -0.3 is 15.2 Å². The first kappa shape index (κ1) is 22.6. The lowest BCUT2D eigenvalue weighted by Gasteiger charge is -2.33. The van der Waals surface area contributed by atoms with Crippen LogP contribution >= 0.6 is 11.8 Å². The van der Waals surface area contributed by atoms with Crippen molar-refractivity contribution in [3.63, 3.8) is 0 Å². The van der Waals surface area contributed by atoms with Crippen molar-refractivity contribution in [3.05, 3.63) is 57.0 Å². The lowest BCUT2D eigenvalue weighted by molar-refractivity contribution is -0.116. The molecule has 7 heteroatoms. The average Bonchev–Trinajstić information content (AvgIpc) is 2.79. The number of carbonyl (C=O) groups excluding carboxylic acids is 1. The number of H-pyrrole nitrogens is 1. The number of fused-ring (bicyclic) bond motifs is 1. The van der Waals surface area contributed by atoms with E-state index < -0.39 is 5.92 Å². The Bertz CT molecular complexity index is 1090. The van der Waals surface area contributed by atoms with Crippen molar-refractivity contribution >= 4 is 29.1 Å². The summed E-state index contributed by atoms with van der Waals surface area (Å²) in [6.07, 6.45) is 3.14. The van der Waals surface area contributed by atoms with Crippen molar-refractivity contribution in [2.24, 2.45) is 0 Å². The van der Waals surface area contributed by atoms with Gasteiger partial charge in [-0.2, -0.15) is 0 Å². The predicted molar refractivity (Wildman–Crippen MR) is 132 cm³/mol. The Morgan fingerprint density at radius 2 is 1.84 bits per heavy atom. The Morgan fingerprint density at radius 1 is 1.12 bits per heavy atom. The van der Waals surface area contributed by atoms with Crippen molar-refractivity contribution in [1.82, 2.24) is 9.97 Å². The molecule has 0 fully saturated rings. The molecule has 2 unspecified atom stereocenters. The Balaban J connectivity index is 1.82. The van der Waals surface area contributed by atoms with Gasteiger partial charge in [-0.3, -0.25) is 9.59 Å². The van der Waals surface area contributed by atoms with Crippen LogP contribution < -0.4 is 15.8 Å². The molecule has 2 heterocycles. The summed E-state index contributed by atoms with van der Waals surface area (Å²) >= 11 is 1.57. The molecule has 2 atom stereocenters. The molecule has 1 aliphatic heterocycles. The van der Waals surface area contributed by atoms with Gasteiger partial charge in [0.1, 0.15) is 5.82 Å². The first-order valence-electron chi connectivity index (χ1n) is 11.7. The van der Waals surface area contributed by atoms with Crippen molar-refractivity contribution in [2.45, 2.75) is 69.7 Å². The van der Waals surface area contributed by atoms with Gasteiger partial charge in [-0.05, 0) is 50.8 Å². The molecule has 2 aliphatic rings. The van der Waals surface area contributed by atoms with Crippen LogP contribution in [-0.4, -0.2) is 34.1 Å². The summed E-state index contributed by atoms with van der Waals surface area (Å²) in [5.41, 5.74) is 4.13. The van der Waals surface area contributed by atoms with E-state index >= 15 is 0 Å². The van der Waals surface area contributed by atoms with Gasteiger partial charge in [-0.15, -0.1) is 0 Å². The average molecular weight is 453 g/mol. The molecule has 2 aromatic rings. The number of thioether (sulfide) groups is 1. The van der Waals surface area contributed by atoms with E-state index in [2.05, 4.69) is 67.2 Å². The third-order valence-electron chi connectivity index (χ3n) is 6.48. The van der Waals surface area contributed by atoms with Gasteiger partial charge >= 0.3 is 0 Å². The standard InChI is InChI=1S/C25H32N4O2S/c1-5-15(4)32-25-27-23-22(24(31)28-25)20(21-18(26-23)9-8-10-19(21)30)16-11-13-17(14-12-16)29(6-2)7-3/h11-15,20H,5-10H2,1-4H3,(H2,26,27,28,31). The number of hydrogen-bond acceptors (Lipinski definition) is 6. The second-order valence-electron chi connectivity index (χ2n) is 8.46. The second-order valence-corrected chi connectivity index (χ2v) is 9.89. The number of nitrogens with one attached hydrogen (secondary N) is 2. The number of rotatable bonds is 7. The topological polar surface area (TPSA) is 78.1 Å². The highest BCUT2D eigenvalue weighted by molar-refractivity contribution is 7.99. The van der Waals surface area contributed by atoms with Gasteiger partial charge in [0.2, 0.25) is 0 Å². The van der Waals surface area contributed by atoms with Crippen molar-refractivity contribution < 1.29 is 4.79 Å². The first-order chi connectivity index (χ1) is 15.5. The van der Waals surface area contributed by atoms with Crippen LogP contribution in [0.15, 0.2) is 45.5 Å². The highest BCUT2D eigenvalue weighted by Crippen LogP contribution is 2.43. The maximum atomic E-state index is 13.3. The summed E-state index contributed by atoms with van der Waals surface area (Å²) in [7, 11) is 0. The van der Waals surface area contributed by atoms with Gasteiger partial charge in [0, 0.05) is 47.6 Å². The fraction of sp³-hybridized carbons (Fsp3) is 0.480. The molecule has 0 amide bonds. The lowest BCUT2D eigenvalue weighted by Crippen LogP contribution is -2.32. The molecule has 0 radical (unpaired) electrons. The van der Waals surface area contributed by atoms with Gasteiger partial charge in [-0.1, -0.05) is 37.7 Å². The normalized spacial score (nSPS) is 18.6. The number of aromatic nitrogens is 2. The number of nitrogens with zero attached hydrogens (tertiary/aromatic N) is 2. The minimum atomic E-state index is -0.390. The molecule has 2 N–H and O–H groups in total. The molecule has 1 aliphatic carbocycles. The Hall–Kier alpha value is -2.54. The number of Topliss-reactive ketones (excluding diaryl/α,β-unsaturated/α-hetero) is 1. The molecule has 1 aromatic heterocycles. The highest BCUT2D eigenvalue weighted by atomic mass is 32.2. The lowest BCUT2D eigenvalue weighted by atomic mass is 9.76. The van der Waals surface area contributed by atoms with Gasteiger partial charge in [0.05, 0.1) is 5.56 Å². The quantitative estimate of drug-likeness (QED) is 0.451. The summed E-state index contributed by atoms with van der Waals surface area (Å²) < 4.78 is 0. The Kier molecular flexibility index (Phi) is 6.74. The summed E-state index contributed by atoms with van der Waals surface area (Å²) in [5.74, 6) is 0.323. The van der Waals surface area contributed by atoms with Gasteiger partial charge in [0.15, 0.2) is 10.9 Å². The molecule has 0 bridgehead atoms. The third kappa shape index (κ3) is 4.22.